The summed E-state index contributed by atoms with van der Waals surface area (Å²) in [6.45, 7) is 5.62. The molecule has 1 aromatic rings. The molecule has 0 radical (unpaired) electrons. The first-order valence-electron chi connectivity index (χ1n) is 7.17. The van der Waals surface area contributed by atoms with Gasteiger partial charge in [-0.15, -0.1) is 0 Å². The third kappa shape index (κ3) is 3.54. The van der Waals surface area contributed by atoms with Gasteiger partial charge in [0, 0.05) is 25.1 Å². The van der Waals surface area contributed by atoms with Gasteiger partial charge in [0.25, 0.3) is 0 Å². The van der Waals surface area contributed by atoms with Crippen molar-refractivity contribution in [2.75, 3.05) is 20.3 Å². The number of methoxy groups -OCH3 is 1. The van der Waals surface area contributed by atoms with E-state index < -0.39 is 5.97 Å². The maximum atomic E-state index is 10.9. The molecule has 1 aliphatic carbocycles. The van der Waals surface area contributed by atoms with Crippen LogP contribution >= 0.6 is 0 Å². The third-order valence-corrected chi connectivity index (χ3v) is 4.30. The van der Waals surface area contributed by atoms with E-state index in [9.17, 15) is 4.79 Å². The molecule has 116 valence electrons. The first-order valence-corrected chi connectivity index (χ1v) is 7.17. The molecule has 5 heteroatoms. The zero-order valence-electron chi connectivity index (χ0n) is 12.8. The number of carboxylic acid groups (broad SMARTS) is 1. The fourth-order valence-corrected chi connectivity index (χ4v) is 2.75. The molecule has 0 aliphatic heterocycles. The largest absolute Gasteiger partial charge is 0.492 e. The Bertz CT molecular complexity index is 501. The molecule has 2 rings (SSSR count). The summed E-state index contributed by atoms with van der Waals surface area (Å²) in [6.07, 6.45) is 1.32. The zero-order valence-corrected chi connectivity index (χ0v) is 12.8. The van der Waals surface area contributed by atoms with Crippen LogP contribution in [0.3, 0.4) is 0 Å². The van der Waals surface area contributed by atoms with Crippen LogP contribution in [0.2, 0.25) is 0 Å². The van der Waals surface area contributed by atoms with E-state index in [1.807, 2.05) is 0 Å². The average Bonchev–Trinajstić information content (AvgIpc) is 2.46. The van der Waals surface area contributed by atoms with Gasteiger partial charge in [-0.3, -0.25) is 0 Å². The Kier molecular flexibility index (Phi) is 4.85. The summed E-state index contributed by atoms with van der Waals surface area (Å²) in [7, 11) is 1.75. The first-order chi connectivity index (χ1) is 9.95. The number of carbonyl (C=O) groups is 1. The van der Waals surface area contributed by atoms with Crippen molar-refractivity contribution in [2.24, 2.45) is 5.41 Å². The van der Waals surface area contributed by atoms with Crippen molar-refractivity contribution < 1.29 is 19.4 Å². The smallest absolute Gasteiger partial charge is 0.335 e. The summed E-state index contributed by atoms with van der Waals surface area (Å²) in [5, 5.41) is 12.4. The molecule has 0 saturated heterocycles. The molecule has 5 nitrogen and oxygen atoms in total. The van der Waals surface area contributed by atoms with E-state index in [1.165, 1.54) is 6.07 Å². The first kappa shape index (κ1) is 15.8. The number of carboxylic acids is 1. The Balaban J connectivity index is 1.73. The van der Waals surface area contributed by atoms with Crippen LogP contribution in [0.4, 0.5) is 0 Å². The molecule has 1 saturated carbocycles. The molecule has 2 N–H and O–H groups in total. The normalized spacial score (nSPS) is 23.4. The molecule has 0 bridgehead atoms. The van der Waals surface area contributed by atoms with Crippen molar-refractivity contribution in [1.82, 2.24) is 5.32 Å². The lowest BCUT2D eigenvalue weighted by Gasteiger charge is -2.51. The highest BCUT2D eigenvalue weighted by Gasteiger charge is 2.47. The highest BCUT2D eigenvalue weighted by molar-refractivity contribution is 5.87. The van der Waals surface area contributed by atoms with Crippen LogP contribution < -0.4 is 10.1 Å². The summed E-state index contributed by atoms with van der Waals surface area (Å²) >= 11 is 0. The van der Waals surface area contributed by atoms with Gasteiger partial charge in [0.2, 0.25) is 0 Å². The molecular weight excluding hydrogens is 270 g/mol. The molecule has 0 amide bonds. The van der Waals surface area contributed by atoms with Crippen molar-refractivity contribution >= 4 is 5.97 Å². The third-order valence-electron chi connectivity index (χ3n) is 4.30. The average molecular weight is 293 g/mol. The SMILES string of the molecule is COC1CC(NCCOc2cccc(C(=O)O)c2)C1(C)C. The van der Waals surface area contributed by atoms with E-state index in [2.05, 4.69) is 19.2 Å². The minimum atomic E-state index is -0.944. The number of aromatic carboxylic acids is 1. The van der Waals surface area contributed by atoms with Crippen LogP contribution in [0.15, 0.2) is 24.3 Å². The van der Waals surface area contributed by atoms with Crippen molar-refractivity contribution in [1.29, 1.82) is 0 Å². The number of nitrogens with one attached hydrogen (secondary N) is 1. The predicted molar refractivity (Wildman–Crippen MR) is 79.9 cm³/mol. The lowest BCUT2D eigenvalue weighted by atomic mass is 9.64. The zero-order chi connectivity index (χ0) is 15.5. The van der Waals surface area contributed by atoms with Gasteiger partial charge in [0.1, 0.15) is 12.4 Å². The van der Waals surface area contributed by atoms with Crippen LogP contribution in [0, 0.1) is 5.41 Å². The highest BCUT2D eigenvalue weighted by atomic mass is 16.5. The summed E-state index contributed by atoms with van der Waals surface area (Å²) in [4.78, 5) is 10.9. The summed E-state index contributed by atoms with van der Waals surface area (Å²) < 4.78 is 11.0. The summed E-state index contributed by atoms with van der Waals surface area (Å²) in [5.74, 6) is -0.361. The summed E-state index contributed by atoms with van der Waals surface area (Å²) in [5.41, 5.74) is 0.376. The van der Waals surface area contributed by atoms with Gasteiger partial charge in [-0.25, -0.2) is 4.79 Å². The van der Waals surface area contributed by atoms with E-state index in [-0.39, 0.29) is 11.0 Å². The molecule has 0 heterocycles. The van der Waals surface area contributed by atoms with Crippen LogP contribution in [0.1, 0.15) is 30.6 Å². The Hall–Kier alpha value is -1.59. The Morgan fingerprint density at radius 3 is 2.86 bits per heavy atom. The van der Waals surface area contributed by atoms with Gasteiger partial charge in [-0.2, -0.15) is 0 Å². The van der Waals surface area contributed by atoms with Crippen molar-refractivity contribution in [2.45, 2.75) is 32.4 Å². The molecule has 1 aliphatic rings. The second-order valence-electron chi connectivity index (χ2n) is 5.97. The second-order valence-corrected chi connectivity index (χ2v) is 5.97. The van der Waals surface area contributed by atoms with Gasteiger partial charge in [-0.05, 0) is 24.6 Å². The maximum Gasteiger partial charge on any atom is 0.335 e. The highest BCUT2D eigenvalue weighted by Crippen LogP contribution is 2.42. The molecule has 0 aromatic heterocycles. The fourth-order valence-electron chi connectivity index (χ4n) is 2.75. The topological polar surface area (TPSA) is 67.8 Å². The monoisotopic (exact) mass is 293 g/mol. The molecule has 1 fully saturated rings. The second kappa shape index (κ2) is 6.45. The van der Waals surface area contributed by atoms with Crippen molar-refractivity contribution in [3.63, 3.8) is 0 Å². The van der Waals surface area contributed by atoms with E-state index in [0.29, 0.717) is 24.5 Å². The number of hydrogen-bond acceptors (Lipinski definition) is 4. The van der Waals surface area contributed by atoms with E-state index in [4.69, 9.17) is 14.6 Å². The number of hydrogen-bond donors (Lipinski definition) is 2. The van der Waals surface area contributed by atoms with Crippen LogP contribution in [-0.4, -0.2) is 43.5 Å². The van der Waals surface area contributed by atoms with Crippen LogP contribution in [-0.2, 0) is 4.74 Å². The van der Waals surface area contributed by atoms with Crippen molar-refractivity contribution in [3.8, 4) is 5.75 Å². The van der Waals surface area contributed by atoms with Gasteiger partial charge in [0.05, 0.1) is 11.7 Å². The van der Waals surface area contributed by atoms with Crippen LogP contribution in [0.5, 0.6) is 5.75 Å². The van der Waals surface area contributed by atoms with E-state index >= 15 is 0 Å². The van der Waals surface area contributed by atoms with Gasteiger partial charge in [-0.1, -0.05) is 19.9 Å². The molecule has 2 atom stereocenters. The lowest BCUT2D eigenvalue weighted by molar-refractivity contribution is -0.0976. The Morgan fingerprint density at radius 2 is 2.24 bits per heavy atom. The Labute approximate surface area is 125 Å². The van der Waals surface area contributed by atoms with Crippen molar-refractivity contribution in [3.05, 3.63) is 29.8 Å². The molecule has 2 unspecified atom stereocenters. The standard InChI is InChI=1S/C16H23NO4/c1-16(2)13(10-14(16)20-3)17-7-8-21-12-6-4-5-11(9-12)15(18)19/h4-6,9,13-14,17H,7-8,10H2,1-3H3,(H,18,19). The van der Waals surface area contributed by atoms with E-state index in [1.54, 1.807) is 25.3 Å². The lowest BCUT2D eigenvalue weighted by Crippen LogP contribution is -2.61. The number of ether oxygens (including phenoxy) is 2. The predicted octanol–water partition coefficient (Wildman–Crippen LogP) is 2.17. The van der Waals surface area contributed by atoms with Gasteiger partial charge in [0.15, 0.2) is 0 Å². The van der Waals surface area contributed by atoms with Gasteiger partial charge >= 0.3 is 5.97 Å². The number of benzene rings is 1. The molecule has 1 aromatic carbocycles. The quantitative estimate of drug-likeness (QED) is 0.754. The maximum absolute atomic E-state index is 10.9. The van der Waals surface area contributed by atoms with Gasteiger partial charge < -0.3 is 19.9 Å². The summed E-state index contributed by atoms with van der Waals surface area (Å²) in [6, 6.07) is 6.97. The minimum Gasteiger partial charge on any atom is -0.492 e. The fraction of sp³-hybridized carbons (Fsp3) is 0.562. The molecular formula is C16H23NO4. The molecule has 21 heavy (non-hydrogen) atoms. The minimum absolute atomic E-state index is 0.137. The Morgan fingerprint density at radius 1 is 1.48 bits per heavy atom. The number of rotatable bonds is 7. The van der Waals surface area contributed by atoms with E-state index in [0.717, 1.165) is 13.0 Å². The molecule has 0 spiro atoms. The van der Waals surface area contributed by atoms with Crippen LogP contribution in [0.25, 0.3) is 0 Å².